The number of nitrogens with zero attached hydrogens (tertiary/aromatic N) is 2. The highest BCUT2D eigenvalue weighted by atomic mass is 15.3. The molecule has 1 aliphatic heterocycles. The summed E-state index contributed by atoms with van der Waals surface area (Å²) in [5.41, 5.74) is 13.0. The predicted molar refractivity (Wildman–Crippen MR) is 190 cm³/mol. The van der Waals surface area contributed by atoms with Crippen molar-refractivity contribution in [3.05, 3.63) is 151 Å². The normalized spacial score (nSPS) is 20.5. The van der Waals surface area contributed by atoms with Crippen LogP contribution in [0.2, 0.25) is 0 Å². The Morgan fingerprint density at radius 2 is 1.02 bits per heavy atom. The van der Waals surface area contributed by atoms with Crippen molar-refractivity contribution in [2.45, 2.75) is 44.1 Å². The zero-order valence-electron chi connectivity index (χ0n) is 25.9. The fourth-order valence-corrected chi connectivity index (χ4v) is 8.60. The average Bonchev–Trinajstić information content (AvgIpc) is 3.65. The summed E-state index contributed by atoms with van der Waals surface area (Å²) >= 11 is 0. The van der Waals surface area contributed by atoms with Crippen LogP contribution in [0.25, 0.3) is 49.7 Å². The number of hydrogen-bond acceptors (Lipinski definition) is 1. The average molecular weight is 581 g/mol. The minimum absolute atomic E-state index is 0.0517. The Balaban J connectivity index is 1.08. The number of aromatic nitrogens is 1. The van der Waals surface area contributed by atoms with E-state index in [0.29, 0.717) is 0 Å². The van der Waals surface area contributed by atoms with E-state index in [-0.39, 0.29) is 11.0 Å². The molecular weight excluding hydrogens is 544 g/mol. The van der Waals surface area contributed by atoms with Crippen molar-refractivity contribution in [1.29, 1.82) is 0 Å². The van der Waals surface area contributed by atoms with Gasteiger partial charge in [-0.3, -0.25) is 0 Å². The van der Waals surface area contributed by atoms with E-state index >= 15 is 0 Å². The van der Waals surface area contributed by atoms with Crippen LogP contribution in [0.15, 0.2) is 146 Å². The molecule has 2 nitrogen and oxygen atoms in total. The summed E-state index contributed by atoms with van der Waals surface area (Å²) < 4.78 is 2.38. The predicted octanol–water partition coefficient (Wildman–Crippen LogP) is 11.5. The molecule has 1 saturated carbocycles. The van der Waals surface area contributed by atoms with Gasteiger partial charge < -0.3 is 9.47 Å². The second kappa shape index (κ2) is 9.71. The molecule has 2 aliphatic rings. The van der Waals surface area contributed by atoms with Gasteiger partial charge >= 0.3 is 0 Å². The highest BCUT2D eigenvalue weighted by molar-refractivity contribution is 6.09. The Bertz CT molecular complexity index is 2150. The molecule has 0 amide bonds. The number of fused-ring (bicyclic) bond motifs is 6. The van der Waals surface area contributed by atoms with Crippen molar-refractivity contribution in [1.82, 2.24) is 4.57 Å². The lowest BCUT2D eigenvalue weighted by molar-refractivity contribution is 0.330. The molecule has 0 bridgehead atoms. The van der Waals surface area contributed by atoms with Gasteiger partial charge in [0.15, 0.2) is 0 Å². The molecule has 2 atom stereocenters. The third-order valence-corrected chi connectivity index (χ3v) is 11.1. The van der Waals surface area contributed by atoms with E-state index in [9.17, 15) is 0 Å². The summed E-state index contributed by atoms with van der Waals surface area (Å²) in [5.74, 6) is 0. The fraction of sp³-hybridized carbons (Fsp3) is 0.163. The molecule has 1 aliphatic carbocycles. The molecule has 7 aromatic rings. The zero-order chi connectivity index (χ0) is 30.2. The van der Waals surface area contributed by atoms with Crippen LogP contribution in [-0.4, -0.2) is 10.1 Å². The second-order valence-corrected chi connectivity index (χ2v) is 13.4. The first-order valence-corrected chi connectivity index (χ1v) is 16.2. The standard InChI is InChI=1S/C43H36N2/c1-42-27-10-28-43(42,2)45(41-29-33(21-26-38(41)42)30-11-4-3-5-12-30)35-24-19-32(20-25-35)31-17-22-34(23-18-31)44-39-15-8-6-13-36(39)37-14-7-9-16-40(37)44/h3-9,11-26,29H,10,27-28H2,1-2H3. The van der Waals surface area contributed by atoms with Crippen molar-refractivity contribution < 1.29 is 0 Å². The summed E-state index contributed by atoms with van der Waals surface area (Å²) in [6.45, 7) is 4.98. The Kier molecular flexibility index (Phi) is 5.68. The van der Waals surface area contributed by atoms with E-state index in [1.54, 1.807) is 0 Å². The van der Waals surface area contributed by atoms with Gasteiger partial charge in [0, 0.05) is 33.2 Å². The van der Waals surface area contributed by atoms with Crippen LogP contribution in [0.5, 0.6) is 0 Å². The van der Waals surface area contributed by atoms with Crippen molar-refractivity contribution in [3.8, 4) is 27.9 Å². The van der Waals surface area contributed by atoms with Gasteiger partial charge in [-0.1, -0.05) is 116 Å². The largest absolute Gasteiger partial charge is 0.334 e. The van der Waals surface area contributed by atoms with E-state index < -0.39 is 0 Å². The molecule has 0 radical (unpaired) electrons. The van der Waals surface area contributed by atoms with Gasteiger partial charge in [0.1, 0.15) is 0 Å². The van der Waals surface area contributed by atoms with Crippen LogP contribution in [0.3, 0.4) is 0 Å². The lowest BCUT2D eigenvalue weighted by Crippen LogP contribution is -2.48. The molecular formula is C43H36N2. The molecule has 218 valence electrons. The van der Waals surface area contributed by atoms with Crippen molar-refractivity contribution in [2.24, 2.45) is 0 Å². The van der Waals surface area contributed by atoms with E-state index in [1.165, 1.54) is 85.9 Å². The van der Waals surface area contributed by atoms with E-state index in [1.807, 2.05) is 0 Å². The van der Waals surface area contributed by atoms with Gasteiger partial charge in [0.2, 0.25) is 0 Å². The molecule has 6 aromatic carbocycles. The van der Waals surface area contributed by atoms with Gasteiger partial charge in [0.25, 0.3) is 0 Å². The zero-order valence-corrected chi connectivity index (χ0v) is 25.9. The lowest BCUT2D eigenvalue weighted by atomic mass is 9.72. The number of anilines is 2. The van der Waals surface area contributed by atoms with E-state index in [0.717, 1.165) is 0 Å². The summed E-state index contributed by atoms with van der Waals surface area (Å²) in [6, 6.07) is 53.7. The highest BCUT2D eigenvalue weighted by Crippen LogP contribution is 2.62. The molecule has 2 heterocycles. The first-order chi connectivity index (χ1) is 22.0. The number of rotatable bonds is 4. The maximum atomic E-state index is 2.66. The topological polar surface area (TPSA) is 8.17 Å². The number of para-hydroxylation sites is 2. The van der Waals surface area contributed by atoms with E-state index in [2.05, 4.69) is 169 Å². The summed E-state index contributed by atoms with van der Waals surface area (Å²) in [6.07, 6.45) is 3.69. The first kappa shape index (κ1) is 26.3. The Morgan fingerprint density at radius 1 is 0.489 bits per heavy atom. The SMILES string of the molecule is CC12CCCC1(C)N(c1ccc(-c3ccc(-n4c5ccccc5c5ccccc54)cc3)cc1)c1cc(-c3ccccc3)ccc12. The van der Waals surface area contributed by atoms with Gasteiger partial charge in [-0.15, -0.1) is 0 Å². The molecule has 2 unspecified atom stereocenters. The number of hydrogen-bond donors (Lipinski definition) is 0. The highest BCUT2D eigenvalue weighted by Gasteiger charge is 2.59. The smallest absolute Gasteiger partial charge is 0.0541 e. The van der Waals surface area contributed by atoms with Crippen LogP contribution >= 0.6 is 0 Å². The molecule has 0 saturated heterocycles. The Morgan fingerprint density at radius 3 is 1.67 bits per heavy atom. The van der Waals surface area contributed by atoms with Gasteiger partial charge in [-0.25, -0.2) is 0 Å². The van der Waals surface area contributed by atoms with Crippen LogP contribution in [0, 0.1) is 0 Å². The van der Waals surface area contributed by atoms with Gasteiger partial charge in [-0.05, 0) is 90.0 Å². The third kappa shape index (κ3) is 3.75. The summed E-state index contributed by atoms with van der Waals surface area (Å²) in [7, 11) is 0. The van der Waals surface area contributed by atoms with E-state index in [4.69, 9.17) is 0 Å². The Hall–Kier alpha value is -5.08. The first-order valence-electron chi connectivity index (χ1n) is 16.2. The molecule has 1 aromatic heterocycles. The maximum Gasteiger partial charge on any atom is 0.0541 e. The fourth-order valence-electron chi connectivity index (χ4n) is 8.60. The van der Waals surface area contributed by atoms with Crippen LogP contribution in [0.1, 0.15) is 38.7 Å². The molecule has 45 heavy (non-hydrogen) atoms. The van der Waals surface area contributed by atoms with Crippen LogP contribution in [-0.2, 0) is 5.41 Å². The summed E-state index contributed by atoms with van der Waals surface area (Å²) in [4.78, 5) is 2.66. The molecule has 0 N–H and O–H groups in total. The molecule has 9 rings (SSSR count). The molecule has 2 heteroatoms. The second-order valence-electron chi connectivity index (χ2n) is 13.4. The Labute approximate surface area is 265 Å². The minimum Gasteiger partial charge on any atom is -0.334 e. The summed E-state index contributed by atoms with van der Waals surface area (Å²) in [5, 5.41) is 2.58. The van der Waals surface area contributed by atoms with Crippen LogP contribution < -0.4 is 4.90 Å². The maximum absolute atomic E-state index is 2.66. The molecule has 1 fully saturated rings. The van der Waals surface area contributed by atoms with Crippen molar-refractivity contribution in [3.63, 3.8) is 0 Å². The van der Waals surface area contributed by atoms with Crippen molar-refractivity contribution in [2.75, 3.05) is 4.90 Å². The quantitative estimate of drug-likeness (QED) is 0.201. The van der Waals surface area contributed by atoms with Gasteiger partial charge in [0.05, 0.1) is 16.6 Å². The third-order valence-electron chi connectivity index (χ3n) is 11.1. The van der Waals surface area contributed by atoms with Gasteiger partial charge in [-0.2, -0.15) is 0 Å². The number of benzene rings is 6. The van der Waals surface area contributed by atoms with Crippen LogP contribution in [0.4, 0.5) is 11.4 Å². The molecule has 0 spiro atoms. The van der Waals surface area contributed by atoms with Crippen molar-refractivity contribution >= 4 is 33.2 Å². The minimum atomic E-state index is 0.0517. The lowest BCUT2D eigenvalue weighted by Gasteiger charge is -2.42. The monoisotopic (exact) mass is 580 g/mol.